The minimum Gasteiger partial charge on any atom is -0.467 e. The Hall–Kier alpha value is -1.54. The molecule has 0 bridgehead atoms. The molecule has 1 unspecified atom stereocenters. The first-order valence-electron chi connectivity index (χ1n) is 7.29. The van der Waals surface area contributed by atoms with E-state index in [1.54, 1.807) is 19.4 Å². The molecule has 22 heavy (non-hydrogen) atoms. The molecule has 0 aromatic carbocycles. The lowest BCUT2D eigenvalue weighted by Crippen LogP contribution is -2.44. The van der Waals surface area contributed by atoms with Gasteiger partial charge in [0, 0.05) is 26.2 Å². The number of ether oxygens (including phenoxy) is 1. The van der Waals surface area contributed by atoms with Crippen molar-refractivity contribution in [3.63, 3.8) is 0 Å². The summed E-state index contributed by atoms with van der Waals surface area (Å²) in [4.78, 5) is 13.4. The summed E-state index contributed by atoms with van der Waals surface area (Å²) in [5, 5.41) is 2.77. The minimum absolute atomic E-state index is 0.0587. The maximum absolute atomic E-state index is 11.9. The van der Waals surface area contributed by atoms with E-state index in [1.165, 1.54) is 4.90 Å². The second-order valence-electron chi connectivity index (χ2n) is 5.39. The third-order valence-corrected chi connectivity index (χ3v) is 5.39. The Balaban J connectivity index is 1.57. The van der Waals surface area contributed by atoms with Gasteiger partial charge in [-0.05, 0) is 25.0 Å². The van der Waals surface area contributed by atoms with Gasteiger partial charge in [-0.3, -0.25) is 0 Å². The topological polar surface area (TPSA) is 88.8 Å². The number of furan rings is 1. The summed E-state index contributed by atoms with van der Waals surface area (Å²) in [5.74, 6) is 0.991. The maximum Gasteiger partial charge on any atom is 0.317 e. The average molecular weight is 330 g/mol. The molecule has 0 aliphatic carbocycles. The van der Waals surface area contributed by atoms with E-state index in [4.69, 9.17) is 9.15 Å². The molecule has 2 heterocycles. The number of urea groups is 1. The molecule has 1 N–H and O–H groups in total. The minimum atomic E-state index is -2.98. The van der Waals surface area contributed by atoms with E-state index < -0.39 is 9.84 Å². The summed E-state index contributed by atoms with van der Waals surface area (Å²) < 4.78 is 33.4. The highest BCUT2D eigenvalue weighted by molar-refractivity contribution is 7.91. The maximum atomic E-state index is 11.9. The molecule has 124 valence electrons. The second kappa shape index (κ2) is 7.64. The number of sulfone groups is 1. The van der Waals surface area contributed by atoms with E-state index in [0.29, 0.717) is 32.6 Å². The van der Waals surface area contributed by atoms with Crippen molar-refractivity contribution in [2.24, 2.45) is 0 Å². The van der Waals surface area contributed by atoms with Crippen LogP contribution in [0.2, 0.25) is 0 Å². The van der Waals surface area contributed by atoms with Gasteiger partial charge in [0.15, 0.2) is 9.84 Å². The van der Waals surface area contributed by atoms with Crippen LogP contribution in [0.15, 0.2) is 22.8 Å². The van der Waals surface area contributed by atoms with Crippen LogP contribution in [0.4, 0.5) is 4.79 Å². The number of nitrogens with zero attached hydrogens (tertiary/aromatic N) is 1. The molecule has 0 saturated carbocycles. The van der Waals surface area contributed by atoms with Gasteiger partial charge in [-0.2, -0.15) is 0 Å². The highest BCUT2D eigenvalue weighted by atomic mass is 32.2. The lowest BCUT2D eigenvalue weighted by molar-refractivity contribution is 0.104. The molecule has 2 rings (SSSR count). The van der Waals surface area contributed by atoms with Gasteiger partial charge in [0.1, 0.15) is 12.4 Å². The zero-order valence-electron chi connectivity index (χ0n) is 12.7. The fourth-order valence-electron chi connectivity index (χ4n) is 2.31. The molecule has 1 aromatic heterocycles. The van der Waals surface area contributed by atoms with E-state index >= 15 is 0 Å². The average Bonchev–Trinajstić information content (AvgIpc) is 3.10. The smallest absolute Gasteiger partial charge is 0.317 e. The van der Waals surface area contributed by atoms with Gasteiger partial charge in [-0.25, -0.2) is 13.2 Å². The van der Waals surface area contributed by atoms with Crippen LogP contribution >= 0.6 is 0 Å². The van der Waals surface area contributed by atoms with Crippen LogP contribution in [-0.4, -0.2) is 57.1 Å². The van der Waals surface area contributed by atoms with Crippen molar-refractivity contribution >= 4 is 15.9 Å². The van der Waals surface area contributed by atoms with Crippen molar-refractivity contribution in [1.82, 2.24) is 10.2 Å². The highest BCUT2D eigenvalue weighted by Crippen LogP contribution is 2.16. The Morgan fingerprint density at radius 2 is 2.36 bits per heavy atom. The number of nitrogens with one attached hydrogen (secondary N) is 1. The summed E-state index contributed by atoms with van der Waals surface area (Å²) in [7, 11) is -1.35. The van der Waals surface area contributed by atoms with Crippen molar-refractivity contribution in [1.29, 1.82) is 0 Å². The first kappa shape index (κ1) is 16.8. The Morgan fingerprint density at radius 1 is 1.55 bits per heavy atom. The Bertz CT molecular complexity index is 570. The molecular weight excluding hydrogens is 308 g/mol. The number of amides is 2. The number of carbonyl (C=O) groups is 1. The number of rotatable bonds is 7. The zero-order chi connectivity index (χ0) is 16.0. The summed E-state index contributed by atoms with van der Waals surface area (Å²) in [6, 6.07) is 3.18. The standard InChI is InChI=1S/C14H22N2O5S/c1-16(12-5-9-22(18,19)11-12)14(17)15-6-3-7-20-10-13-4-2-8-21-13/h2,4,8,12H,3,5-7,9-11H2,1H3,(H,15,17). The van der Waals surface area contributed by atoms with E-state index in [1.807, 2.05) is 6.07 Å². The predicted octanol–water partition coefficient (Wildman–Crippen LogP) is 1.01. The molecule has 0 spiro atoms. The fourth-order valence-corrected chi connectivity index (χ4v) is 4.08. The summed E-state index contributed by atoms with van der Waals surface area (Å²) in [6.07, 6.45) is 2.79. The molecule has 0 radical (unpaired) electrons. The van der Waals surface area contributed by atoms with Crippen LogP contribution in [-0.2, 0) is 21.2 Å². The number of carbonyl (C=O) groups excluding carboxylic acids is 1. The van der Waals surface area contributed by atoms with E-state index in [0.717, 1.165) is 5.76 Å². The van der Waals surface area contributed by atoms with Gasteiger partial charge in [-0.15, -0.1) is 0 Å². The molecule has 1 atom stereocenters. The van der Waals surface area contributed by atoms with Gasteiger partial charge in [0.2, 0.25) is 0 Å². The third kappa shape index (κ3) is 5.03. The molecule has 8 heteroatoms. The first-order valence-corrected chi connectivity index (χ1v) is 9.11. The van der Waals surface area contributed by atoms with E-state index in [2.05, 4.69) is 5.32 Å². The van der Waals surface area contributed by atoms with Crippen LogP contribution < -0.4 is 5.32 Å². The summed E-state index contributed by atoms with van der Waals surface area (Å²) in [6.45, 7) is 1.42. The molecule has 1 aliphatic rings. The highest BCUT2D eigenvalue weighted by Gasteiger charge is 2.32. The lowest BCUT2D eigenvalue weighted by Gasteiger charge is -2.23. The summed E-state index contributed by atoms with van der Waals surface area (Å²) in [5.41, 5.74) is 0. The second-order valence-corrected chi connectivity index (χ2v) is 7.61. The van der Waals surface area contributed by atoms with Crippen molar-refractivity contribution in [3.8, 4) is 0 Å². The van der Waals surface area contributed by atoms with Gasteiger partial charge in [-0.1, -0.05) is 0 Å². The monoisotopic (exact) mass is 330 g/mol. The van der Waals surface area contributed by atoms with Crippen molar-refractivity contribution in [2.45, 2.75) is 25.5 Å². The van der Waals surface area contributed by atoms with Crippen LogP contribution in [0.3, 0.4) is 0 Å². The molecule has 1 aliphatic heterocycles. The Morgan fingerprint density at radius 3 is 3.00 bits per heavy atom. The molecule has 1 saturated heterocycles. The number of hydrogen-bond donors (Lipinski definition) is 1. The lowest BCUT2D eigenvalue weighted by atomic mass is 10.2. The number of hydrogen-bond acceptors (Lipinski definition) is 5. The molecule has 7 nitrogen and oxygen atoms in total. The largest absolute Gasteiger partial charge is 0.467 e. The van der Waals surface area contributed by atoms with Gasteiger partial charge in [0.05, 0.1) is 17.8 Å². The molecular formula is C14H22N2O5S. The van der Waals surface area contributed by atoms with Crippen LogP contribution in [0.1, 0.15) is 18.6 Å². The zero-order valence-corrected chi connectivity index (χ0v) is 13.5. The predicted molar refractivity (Wildman–Crippen MR) is 81.2 cm³/mol. The van der Waals surface area contributed by atoms with Crippen LogP contribution in [0.5, 0.6) is 0 Å². The van der Waals surface area contributed by atoms with Crippen LogP contribution in [0, 0.1) is 0 Å². The molecule has 1 fully saturated rings. The van der Waals surface area contributed by atoms with E-state index in [9.17, 15) is 13.2 Å². The quantitative estimate of drug-likeness (QED) is 0.754. The first-order chi connectivity index (χ1) is 10.5. The SMILES string of the molecule is CN(C(=O)NCCCOCc1ccco1)C1CCS(=O)(=O)C1. The summed E-state index contributed by atoms with van der Waals surface area (Å²) >= 11 is 0. The fraction of sp³-hybridized carbons (Fsp3) is 0.643. The van der Waals surface area contributed by atoms with Crippen LogP contribution in [0.25, 0.3) is 0 Å². The van der Waals surface area contributed by atoms with Gasteiger partial charge < -0.3 is 19.4 Å². The van der Waals surface area contributed by atoms with Crippen molar-refractivity contribution in [3.05, 3.63) is 24.2 Å². The van der Waals surface area contributed by atoms with Gasteiger partial charge in [0.25, 0.3) is 0 Å². The molecule has 1 aromatic rings. The normalized spacial score (nSPS) is 20.0. The van der Waals surface area contributed by atoms with E-state index in [-0.39, 0.29) is 23.6 Å². The van der Waals surface area contributed by atoms with Crippen molar-refractivity contribution in [2.75, 3.05) is 31.7 Å². The molecule has 2 amide bonds. The van der Waals surface area contributed by atoms with Gasteiger partial charge >= 0.3 is 6.03 Å². The van der Waals surface area contributed by atoms with Crippen molar-refractivity contribution < 1.29 is 22.4 Å². The third-order valence-electron chi connectivity index (χ3n) is 3.64. The Kier molecular flexibility index (Phi) is 5.84. The Labute approximate surface area is 130 Å².